The van der Waals surface area contributed by atoms with Gasteiger partial charge in [-0.25, -0.2) is 4.79 Å². The van der Waals surface area contributed by atoms with Crippen molar-refractivity contribution in [2.45, 2.75) is 45.8 Å². The molecule has 0 spiro atoms. The van der Waals surface area contributed by atoms with Crippen LogP contribution < -0.4 is 10.6 Å². The number of nitrogens with zero attached hydrogens (tertiary/aromatic N) is 2. The first-order chi connectivity index (χ1) is 18.4. The number of carbonyl (C=O) groups is 3. The molecule has 2 aliphatic heterocycles. The van der Waals surface area contributed by atoms with E-state index < -0.39 is 12.1 Å². The van der Waals surface area contributed by atoms with Gasteiger partial charge in [-0.1, -0.05) is 54.1 Å². The van der Waals surface area contributed by atoms with Gasteiger partial charge in [0, 0.05) is 13.0 Å². The molecule has 0 saturated carbocycles. The first-order valence-electron chi connectivity index (χ1n) is 12.9. The van der Waals surface area contributed by atoms with Gasteiger partial charge in [-0.15, -0.1) is 0 Å². The number of nitrogens with one attached hydrogen (secondary N) is 2. The lowest BCUT2D eigenvalue weighted by atomic mass is 9.91. The molecule has 2 aromatic carbocycles. The van der Waals surface area contributed by atoms with Crippen LogP contribution in [0.2, 0.25) is 0 Å². The van der Waals surface area contributed by atoms with Crippen LogP contribution in [-0.2, 0) is 22.6 Å². The van der Waals surface area contributed by atoms with Crippen molar-refractivity contribution in [3.63, 3.8) is 0 Å². The smallest absolute Gasteiger partial charge is 0.322 e. The summed E-state index contributed by atoms with van der Waals surface area (Å²) in [6.45, 7) is 6.70. The number of aryl methyl sites for hydroxylation is 2. The Kier molecular flexibility index (Phi) is 7.05. The maximum Gasteiger partial charge on any atom is 0.322 e. The van der Waals surface area contributed by atoms with E-state index in [-0.39, 0.29) is 30.9 Å². The van der Waals surface area contributed by atoms with E-state index in [1.54, 1.807) is 28.2 Å². The third-order valence-electron chi connectivity index (χ3n) is 7.27. The largest absolute Gasteiger partial charge is 0.467 e. The third-order valence-corrected chi connectivity index (χ3v) is 7.27. The van der Waals surface area contributed by atoms with E-state index in [0.29, 0.717) is 30.0 Å². The van der Waals surface area contributed by atoms with Gasteiger partial charge in [-0.2, -0.15) is 0 Å². The molecule has 5 rings (SSSR count). The monoisotopic (exact) mass is 512 g/mol. The molecular weight excluding hydrogens is 480 g/mol. The number of amides is 4. The van der Waals surface area contributed by atoms with E-state index in [1.165, 1.54) is 0 Å². The van der Waals surface area contributed by atoms with Crippen molar-refractivity contribution in [1.29, 1.82) is 0 Å². The molecular formula is C30H32N4O4. The molecule has 8 heteroatoms. The molecule has 8 nitrogen and oxygen atoms in total. The lowest BCUT2D eigenvalue weighted by Crippen LogP contribution is -2.49. The van der Waals surface area contributed by atoms with Gasteiger partial charge in [0.15, 0.2) is 0 Å². The summed E-state index contributed by atoms with van der Waals surface area (Å²) in [7, 11) is 0. The van der Waals surface area contributed by atoms with E-state index in [9.17, 15) is 14.4 Å². The average Bonchev–Trinajstić information content (AvgIpc) is 3.54. The van der Waals surface area contributed by atoms with E-state index >= 15 is 0 Å². The molecule has 0 aliphatic carbocycles. The van der Waals surface area contributed by atoms with Crippen molar-refractivity contribution >= 4 is 17.8 Å². The summed E-state index contributed by atoms with van der Waals surface area (Å²) in [6, 6.07) is 17.6. The number of likely N-dealkylation sites (N-methyl/N-ethyl adjacent to an activating group) is 1. The van der Waals surface area contributed by atoms with Gasteiger partial charge in [0.2, 0.25) is 5.91 Å². The fraction of sp³-hybridized carbons (Fsp3) is 0.300. The molecule has 38 heavy (non-hydrogen) atoms. The van der Waals surface area contributed by atoms with Crippen molar-refractivity contribution in [2.75, 3.05) is 13.1 Å². The maximum absolute atomic E-state index is 14.1. The Morgan fingerprint density at radius 3 is 2.58 bits per heavy atom. The van der Waals surface area contributed by atoms with Crippen LogP contribution in [0.4, 0.5) is 4.79 Å². The number of rotatable bonds is 8. The van der Waals surface area contributed by atoms with Crippen molar-refractivity contribution in [1.82, 2.24) is 20.4 Å². The first kappa shape index (κ1) is 25.3. The molecule has 2 N–H and O–H groups in total. The second-order valence-corrected chi connectivity index (χ2v) is 9.78. The first-order valence-corrected chi connectivity index (χ1v) is 12.9. The molecule has 3 heterocycles. The van der Waals surface area contributed by atoms with Crippen LogP contribution in [0.5, 0.6) is 0 Å². The highest BCUT2D eigenvalue weighted by molar-refractivity contribution is 6.03. The molecule has 0 bridgehead atoms. The van der Waals surface area contributed by atoms with Crippen LogP contribution in [0.1, 0.15) is 41.0 Å². The summed E-state index contributed by atoms with van der Waals surface area (Å²) in [5.41, 5.74) is 5.10. The fourth-order valence-corrected chi connectivity index (χ4v) is 5.37. The van der Waals surface area contributed by atoms with Gasteiger partial charge in [0.1, 0.15) is 11.8 Å². The Hall–Kier alpha value is -4.33. The maximum atomic E-state index is 14.1. The van der Waals surface area contributed by atoms with Crippen molar-refractivity contribution in [3.8, 4) is 0 Å². The Labute approximate surface area is 222 Å². The molecule has 196 valence electrons. The van der Waals surface area contributed by atoms with Gasteiger partial charge >= 0.3 is 6.03 Å². The minimum Gasteiger partial charge on any atom is -0.467 e. The lowest BCUT2D eigenvalue weighted by Gasteiger charge is -2.33. The number of benzene rings is 2. The minimum atomic E-state index is -0.765. The van der Waals surface area contributed by atoms with Crippen molar-refractivity contribution in [2.24, 2.45) is 0 Å². The molecule has 0 radical (unpaired) electrons. The van der Waals surface area contributed by atoms with Gasteiger partial charge in [0.25, 0.3) is 5.91 Å². The molecule has 4 amide bonds. The van der Waals surface area contributed by atoms with Crippen LogP contribution in [0.3, 0.4) is 0 Å². The van der Waals surface area contributed by atoms with Crippen LogP contribution in [-0.4, -0.2) is 46.8 Å². The number of furan rings is 1. The summed E-state index contributed by atoms with van der Waals surface area (Å²) in [4.78, 5) is 44.1. The van der Waals surface area contributed by atoms with Crippen LogP contribution in [0.15, 0.2) is 82.6 Å². The summed E-state index contributed by atoms with van der Waals surface area (Å²) in [5, 5.41) is 5.98. The highest BCUT2D eigenvalue weighted by Gasteiger charge is 2.47. The molecule has 1 aromatic heterocycles. The summed E-state index contributed by atoms with van der Waals surface area (Å²) in [6.07, 6.45) is 1.90. The highest BCUT2D eigenvalue weighted by atomic mass is 16.3. The SMILES string of the molecule is CCN1C(=O)N[C@@H](c2ccc(C)cc2C)C2=C1CN([C@H](Cc1ccccc1)C(=O)NCc1ccco1)C2=O. The second-order valence-electron chi connectivity index (χ2n) is 9.78. The fourth-order valence-electron chi connectivity index (χ4n) is 5.37. The lowest BCUT2D eigenvalue weighted by molar-refractivity contribution is -0.136. The number of urea groups is 1. The average molecular weight is 513 g/mol. The molecule has 3 aromatic rings. The molecule has 0 unspecified atom stereocenters. The predicted molar refractivity (Wildman–Crippen MR) is 143 cm³/mol. The quantitative estimate of drug-likeness (QED) is 0.477. The van der Waals surface area contributed by atoms with E-state index in [2.05, 4.69) is 10.6 Å². The summed E-state index contributed by atoms with van der Waals surface area (Å²) in [5.74, 6) is 0.116. The zero-order chi connectivity index (χ0) is 26.8. The van der Waals surface area contributed by atoms with Gasteiger partial charge in [0.05, 0.1) is 36.7 Å². The molecule has 2 aliphatic rings. The summed E-state index contributed by atoms with van der Waals surface area (Å²) < 4.78 is 5.37. The molecule has 0 saturated heterocycles. The van der Waals surface area contributed by atoms with Gasteiger partial charge in [-0.05, 0) is 49.6 Å². The molecule has 0 fully saturated rings. The van der Waals surface area contributed by atoms with E-state index in [0.717, 1.165) is 22.3 Å². The van der Waals surface area contributed by atoms with Crippen LogP contribution in [0, 0.1) is 13.8 Å². The molecule has 2 atom stereocenters. The van der Waals surface area contributed by atoms with Crippen LogP contribution >= 0.6 is 0 Å². The zero-order valence-corrected chi connectivity index (χ0v) is 21.9. The minimum absolute atomic E-state index is 0.183. The predicted octanol–water partition coefficient (Wildman–Crippen LogP) is 4.01. The third kappa shape index (κ3) is 4.81. The Balaban J connectivity index is 1.49. The second kappa shape index (κ2) is 10.6. The van der Waals surface area contributed by atoms with Crippen LogP contribution in [0.25, 0.3) is 0 Å². The number of carbonyl (C=O) groups excluding carboxylic acids is 3. The Morgan fingerprint density at radius 2 is 1.89 bits per heavy atom. The van der Waals surface area contributed by atoms with E-state index in [1.807, 2.05) is 69.3 Å². The Morgan fingerprint density at radius 1 is 1.11 bits per heavy atom. The highest BCUT2D eigenvalue weighted by Crippen LogP contribution is 2.38. The van der Waals surface area contributed by atoms with Crippen molar-refractivity contribution < 1.29 is 18.8 Å². The van der Waals surface area contributed by atoms with Crippen molar-refractivity contribution in [3.05, 3.63) is 106 Å². The van der Waals surface area contributed by atoms with E-state index in [4.69, 9.17) is 4.42 Å². The Bertz CT molecular complexity index is 1380. The van der Waals surface area contributed by atoms with Gasteiger partial charge < -0.3 is 20.0 Å². The zero-order valence-electron chi connectivity index (χ0n) is 21.9. The number of hydrogen-bond donors (Lipinski definition) is 2. The number of hydrogen-bond acceptors (Lipinski definition) is 4. The standard InChI is InChI=1S/C30H32N4O4/c1-4-33-25-18-34(29(36)26(25)27(32-30(33)37)23-13-12-19(2)15-20(23)3)24(16-21-9-6-5-7-10-21)28(35)31-17-22-11-8-14-38-22/h5-15,24,27H,4,16-18H2,1-3H3,(H,31,35)(H,32,37)/t24-,27+/m1/s1. The van der Waals surface area contributed by atoms with Gasteiger partial charge in [-0.3, -0.25) is 14.5 Å². The topological polar surface area (TPSA) is 94.9 Å². The normalized spacial score (nSPS) is 17.9. The summed E-state index contributed by atoms with van der Waals surface area (Å²) >= 11 is 0.